The summed E-state index contributed by atoms with van der Waals surface area (Å²) >= 11 is 4.91. The number of rotatable bonds is 4. The van der Waals surface area contributed by atoms with Crippen molar-refractivity contribution < 1.29 is 8.42 Å². The molecule has 0 bridgehead atoms. The van der Waals surface area contributed by atoms with E-state index in [9.17, 15) is 8.42 Å². The van der Waals surface area contributed by atoms with Gasteiger partial charge < -0.3 is 4.57 Å². The van der Waals surface area contributed by atoms with Crippen LogP contribution in [0.15, 0.2) is 39.0 Å². The Hall–Kier alpha value is -1.64. The summed E-state index contributed by atoms with van der Waals surface area (Å²) in [6.45, 7) is 5.67. The maximum Gasteiger partial charge on any atom is 0.263 e. The lowest BCUT2D eigenvalue weighted by atomic mass is 10.2. The van der Waals surface area contributed by atoms with E-state index in [1.165, 1.54) is 11.3 Å². The summed E-state index contributed by atoms with van der Waals surface area (Å²) < 4.78 is 31.0. The lowest BCUT2D eigenvalue weighted by molar-refractivity contribution is 0.600. The second kappa shape index (κ2) is 6.59. The van der Waals surface area contributed by atoms with Crippen LogP contribution in [0.25, 0.3) is 10.7 Å². The molecule has 0 saturated heterocycles. The highest BCUT2D eigenvalue weighted by Gasteiger charge is 2.24. The number of benzene rings is 1. The normalized spacial score (nSPS) is 11.7. The summed E-state index contributed by atoms with van der Waals surface area (Å²) in [6.07, 6.45) is 0. The van der Waals surface area contributed by atoms with Gasteiger partial charge in [0.2, 0.25) is 0 Å². The van der Waals surface area contributed by atoms with Crippen LogP contribution in [0.2, 0.25) is 0 Å². The molecule has 1 aromatic carbocycles. The van der Waals surface area contributed by atoms with Crippen LogP contribution in [0.4, 0.5) is 5.69 Å². The van der Waals surface area contributed by atoms with Gasteiger partial charge in [0.25, 0.3) is 10.0 Å². The third-order valence-electron chi connectivity index (χ3n) is 3.99. The predicted octanol–water partition coefficient (Wildman–Crippen LogP) is 4.64. The molecule has 0 aliphatic heterocycles. The Bertz CT molecular complexity index is 1050. The van der Waals surface area contributed by atoms with Gasteiger partial charge in [-0.05, 0) is 60.5 Å². The molecule has 0 amide bonds. The molecule has 0 aliphatic rings. The van der Waals surface area contributed by atoms with E-state index < -0.39 is 10.0 Å². The van der Waals surface area contributed by atoms with Gasteiger partial charge in [-0.25, -0.2) is 13.4 Å². The number of aryl methyl sites for hydroxylation is 2. The third-order valence-corrected chi connectivity index (χ3v) is 7.11. The molecule has 0 saturated carbocycles. The minimum atomic E-state index is -3.71. The van der Waals surface area contributed by atoms with Crippen molar-refractivity contribution in [2.75, 3.05) is 4.72 Å². The minimum absolute atomic E-state index is 0.255. The Morgan fingerprint density at radius 2 is 1.92 bits per heavy atom. The van der Waals surface area contributed by atoms with E-state index in [1.807, 2.05) is 43.0 Å². The van der Waals surface area contributed by atoms with Crippen LogP contribution in [0.5, 0.6) is 0 Å². The molecule has 3 rings (SSSR count). The van der Waals surface area contributed by atoms with Gasteiger partial charge >= 0.3 is 0 Å². The third kappa shape index (κ3) is 3.51. The van der Waals surface area contributed by atoms with Gasteiger partial charge in [-0.3, -0.25) is 4.72 Å². The highest BCUT2D eigenvalue weighted by atomic mass is 79.9. The smallest absolute Gasteiger partial charge is 0.263 e. The van der Waals surface area contributed by atoms with Crippen LogP contribution in [0.3, 0.4) is 0 Å². The summed E-state index contributed by atoms with van der Waals surface area (Å²) in [4.78, 5) is 4.72. The van der Waals surface area contributed by atoms with Gasteiger partial charge in [-0.1, -0.05) is 6.07 Å². The van der Waals surface area contributed by atoms with Crippen molar-refractivity contribution in [3.63, 3.8) is 0 Å². The Balaban J connectivity index is 2.03. The fourth-order valence-corrected chi connectivity index (χ4v) is 5.46. The number of hydrogen-bond acceptors (Lipinski definition) is 4. The largest absolute Gasteiger partial charge is 0.345 e. The number of thiazole rings is 1. The van der Waals surface area contributed by atoms with Gasteiger partial charge in [0.15, 0.2) is 0 Å². The standard InChI is InChI=1S/C17H18BrN3O2S2/c1-10-5-6-14(13(18)7-10)20-25(22,23)16-8-15(21(4)12(16)3)17-19-11(2)9-24-17/h5-9,20H,1-4H3. The first-order valence-electron chi connectivity index (χ1n) is 7.57. The number of nitrogens with zero attached hydrogens (tertiary/aromatic N) is 2. The zero-order valence-corrected chi connectivity index (χ0v) is 17.5. The number of sulfonamides is 1. The molecule has 2 aromatic heterocycles. The molecule has 132 valence electrons. The van der Waals surface area contributed by atoms with Crippen LogP contribution in [0.1, 0.15) is 17.0 Å². The van der Waals surface area contributed by atoms with E-state index >= 15 is 0 Å². The number of halogens is 1. The molecule has 0 spiro atoms. The van der Waals surface area contributed by atoms with E-state index in [1.54, 1.807) is 19.1 Å². The fourth-order valence-electron chi connectivity index (χ4n) is 2.52. The summed E-state index contributed by atoms with van der Waals surface area (Å²) in [7, 11) is -1.86. The molecular formula is C17H18BrN3O2S2. The average Bonchev–Trinajstić information content (AvgIpc) is 3.07. The maximum atomic E-state index is 12.9. The molecule has 0 unspecified atom stereocenters. The van der Waals surface area contributed by atoms with Gasteiger partial charge in [0.1, 0.15) is 9.90 Å². The topological polar surface area (TPSA) is 64.0 Å². The first kappa shape index (κ1) is 18.2. The van der Waals surface area contributed by atoms with E-state index in [-0.39, 0.29) is 4.90 Å². The highest BCUT2D eigenvalue weighted by molar-refractivity contribution is 9.10. The van der Waals surface area contributed by atoms with Crippen molar-refractivity contribution in [2.24, 2.45) is 7.05 Å². The number of nitrogens with one attached hydrogen (secondary N) is 1. The summed E-state index contributed by atoms with van der Waals surface area (Å²) in [5.74, 6) is 0. The van der Waals surface area contributed by atoms with E-state index in [2.05, 4.69) is 25.6 Å². The zero-order valence-electron chi connectivity index (χ0n) is 14.3. The van der Waals surface area contributed by atoms with Crippen molar-refractivity contribution in [1.29, 1.82) is 0 Å². The molecule has 8 heteroatoms. The first-order valence-corrected chi connectivity index (χ1v) is 10.7. The highest BCUT2D eigenvalue weighted by Crippen LogP contribution is 2.32. The molecular weight excluding hydrogens is 422 g/mol. The van der Waals surface area contributed by atoms with Crippen LogP contribution in [-0.2, 0) is 17.1 Å². The summed E-state index contributed by atoms with van der Waals surface area (Å²) in [5.41, 5.74) is 3.94. The van der Waals surface area contributed by atoms with Crippen molar-refractivity contribution in [3.05, 3.63) is 51.1 Å². The molecule has 0 radical (unpaired) electrons. The molecule has 3 aromatic rings. The lowest BCUT2D eigenvalue weighted by Gasteiger charge is -2.10. The van der Waals surface area contributed by atoms with Gasteiger partial charge in [-0.2, -0.15) is 0 Å². The van der Waals surface area contributed by atoms with Crippen molar-refractivity contribution in [2.45, 2.75) is 25.7 Å². The molecule has 0 aliphatic carbocycles. The summed E-state index contributed by atoms with van der Waals surface area (Å²) in [6, 6.07) is 7.17. The quantitative estimate of drug-likeness (QED) is 0.643. The molecule has 1 N–H and O–H groups in total. The second-order valence-corrected chi connectivity index (χ2v) is 9.28. The number of aromatic nitrogens is 2. The number of anilines is 1. The van der Waals surface area contributed by atoms with Crippen LogP contribution in [0, 0.1) is 20.8 Å². The van der Waals surface area contributed by atoms with Crippen molar-refractivity contribution >= 4 is 43.0 Å². The van der Waals surface area contributed by atoms with Gasteiger partial charge in [0.05, 0.1) is 11.4 Å². The van der Waals surface area contributed by atoms with Crippen LogP contribution in [-0.4, -0.2) is 18.0 Å². The Morgan fingerprint density at radius 3 is 2.52 bits per heavy atom. The number of hydrogen-bond donors (Lipinski definition) is 1. The van der Waals surface area contributed by atoms with Gasteiger partial charge in [0, 0.05) is 28.3 Å². The van der Waals surface area contributed by atoms with Crippen molar-refractivity contribution in [3.8, 4) is 10.7 Å². The Morgan fingerprint density at radius 1 is 1.20 bits per heavy atom. The Labute approximate surface area is 159 Å². The summed E-state index contributed by atoms with van der Waals surface area (Å²) in [5, 5.41) is 2.76. The lowest BCUT2D eigenvalue weighted by Crippen LogP contribution is -2.14. The SMILES string of the molecule is Cc1ccc(NS(=O)(=O)c2cc(-c3nc(C)cs3)n(C)c2C)c(Br)c1. The fraction of sp³-hybridized carbons (Fsp3) is 0.235. The van der Waals surface area contributed by atoms with Crippen LogP contribution < -0.4 is 4.72 Å². The van der Waals surface area contributed by atoms with Crippen molar-refractivity contribution in [1.82, 2.24) is 9.55 Å². The first-order chi connectivity index (χ1) is 11.7. The monoisotopic (exact) mass is 439 g/mol. The van der Waals surface area contributed by atoms with E-state index in [0.717, 1.165) is 22.0 Å². The minimum Gasteiger partial charge on any atom is -0.345 e. The molecule has 5 nitrogen and oxygen atoms in total. The van der Waals surface area contributed by atoms with E-state index in [0.29, 0.717) is 15.9 Å². The molecule has 2 heterocycles. The predicted molar refractivity (Wildman–Crippen MR) is 106 cm³/mol. The molecule has 25 heavy (non-hydrogen) atoms. The van der Waals surface area contributed by atoms with Gasteiger partial charge in [-0.15, -0.1) is 11.3 Å². The average molecular weight is 440 g/mol. The zero-order chi connectivity index (χ0) is 18.4. The Kier molecular flexibility index (Phi) is 4.78. The molecule has 0 atom stereocenters. The van der Waals surface area contributed by atoms with Crippen LogP contribution >= 0.6 is 27.3 Å². The van der Waals surface area contributed by atoms with E-state index in [4.69, 9.17) is 0 Å². The molecule has 0 fully saturated rings. The maximum absolute atomic E-state index is 12.9. The second-order valence-electron chi connectivity index (χ2n) is 5.92.